The Bertz CT molecular complexity index is 803. The molecule has 2 aliphatic rings. The Morgan fingerprint density at radius 1 is 1.16 bits per heavy atom. The quantitative estimate of drug-likeness (QED) is 0.638. The summed E-state index contributed by atoms with van der Waals surface area (Å²) in [5, 5.41) is 26.5. The zero-order chi connectivity index (χ0) is 23.1. The maximum absolute atomic E-state index is 11.8. The van der Waals surface area contributed by atoms with Crippen LogP contribution < -0.4 is 0 Å². The van der Waals surface area contributed by atoms with Crippen molar-refractivity contribution in [2.24, 2.45) is 5.41 Å². The number of hydrogen-bond donors (Lipinski definition) is 3. The number of phenols is 1. The Morgan fingerprint density at radius 2 is 1.81 bits per heavy atom. The van der Waals surface area contributed by atoms with Crippen LogP contribution in [0.5, 0.6) is 5.75 Å². The minimum Gasteiger partial charge on any atom is -0.508 e. The highest BCUT2D eigenvalue weighted by atomic mass is 19.4. The van der Waals surface area contributed by atoms with Crippen molar-refractivity contribution in [2.75, 3.05) is 32.8 Å². The molecular weight excluding hydrogens is 419 g/mol. The van der Waals surface area contributed by atoms with Crippen LogP contribution in [0.4, 0.5) is 13.2 Å². The summed E-state index contributed by atoms with van der Waals surface area (Å²) in [6.45, 7) is 3.62. The Balaban J connectivity index is 0.000000423. The summed E-state index contributed by atoms with van der Waals surface area (Å²) < 4.78 is 37.1. The van der Waals surface area contributed by atoms with Gasteiger partial charge in [-0.2, -0.15) is 13.2 Å². The van der Waals surface area contributed by atoms with Crippen molar-refractivity contribution < 1.29 is 42.8 Å². The molecule has 7 nitrogen and oxygen atoms in total. The molecule has 0 saturated carbocycles. The van der Waals surface area contributed by atoms with Crippen LogP contribution in [0.1, 0.15) is 31.2 Å². The number of carboxylic acids is 2. The predicted octanol–water partition coefficient (Wildman–Crippen LogP) is 3.39. The Morgan fingerprint density at radius 3 is 2.35 bits per heavy atom. The fourth-order valence-corrected chi connectivity index (χ4v) is 3.62. The van der Waals surface area contributed by atoms with Crippen molar-refractivity contribution in [3.63, 3.8) is 0 Å². The van der Waals surface area contributed by atoms with E-state index in [4.69, 9.17) is 14.6 Å². The molecule has 31 heavy (non-hydrogen) atoms. The molecule has 0 aliphatic carbocycles. The number of carboxylic acid groups (broad SMARTS) is 2. The summed E-state index contributed by atoms with van der Waals surface area (Å²) in [6, 6.07) is 7.32. The SMILES string of the molecule is O=C(O)C(F)(F)F.O=C(O)C1(CCN2CCC=C(c3cccc(O)c3)C2)CCOCC1. The summed E-state index contributed by atoms with van der Waals surface area (Å²) in [4.78, 5) is 23.0. The molecule has 0 amide bonds. The zero-order valence-corrected chi connectivity index (χ0v) is 16.9. The van der Waals surface area contributed by atoms with E-state index in [1.165, 1.54) is 5.57 Å². The molecule has 0 atom stereocenters. The first-order valence-corrected chi connectivity index (χ1v) is 9.85. The number of aliphatic carboxylic acids is 2. The van der Waals surface area contributed by atoms with Crippen molar-refractivity contribution in [3.8, 4) is 5.75 Å². The Kier molecular flexibility index (Phi) is 8.46. The molecule has 1 fully saturated rings. The second-order valence-electron chi connectivity index (χ2n) is 7.60. The number of rotatable bonds is 5. The van der Waals surface area contributed by atoms with E-state index in [0.29, 0.717) is 32.5 Å². The Hall–Kier alpha value is -2.59. The molecule has 0 radical (unpaired) electrons. The number of carbonyl (C=O) groups is 2. The second kappa shape index (κ2) is 10.6. The molecule has 1 saturated heterocycles. The minimum absolute atomic E-state index is 0.276. The standard InChI is InChI=1S/C19H25NO4.C2HF3O2/c21-17-5-1-3-15(13-17)16-4-2-9-20(14-16)10-6-19(18(22)23)7-11-24-12-8-19;3-2(4,5)1(6)7/h1,3-5,13,21H,2,6-12,14H2,(H,22,23);(H,6,7). The smallest absolute Gasteiger partial charge is 0.490 e. The van der Waals surface area contributed by atoms with E-state index >= 15 is 0 Å². The molecular formula is C21H26F3NO6. The first-order chi connectivity index (χ1) is 14.5. The van der Waals surface area contributed by atoms with Gasteiger partial charge in [-0.25, -0.2) is 4.79 Å². The van der Waals surface area contributed by atoms with Crippen molar-refractivity contribution in [1.82, 2.24) is 4.90 Å². The zero-order valence-electron chi connectivity index (χ0n) is 16.9. The number of alkyl halides is 3. The van der Waals surface area contributed by atoms with Crippen LogP contribution in [0.2, 0.25) is 0 Å². The van der Waals surface area contributed by atoms with Gasteiger partial charge in [0.1, 0.15) is 5.75 Å². The predicted molar refractivity (Wildman–Crippen MR) is 106 cm³/mol. The van der Waals surface area contributed by atoms with E-state index in [0.717, 1.165) is 31.6 Å². The van der Waals surface area contributed by atoms with Crippen LogP contribution in [-0.4, -0.2) is 71.2 Å². The van der Waals surface area contributed by atoms with Gasteiger partial charge in [0, 0.05) is 26.3 Å². The average molecular weight is 445 g/mol. The third-order valence-corrected chi connectivity index (χ3v) is 5.50. The Labute approximate surface area is 177 Å². The van der Waals surface area contributed by atoms with E-state index in [-0.39, 0.29) is 5.75 Å². The fraction of sp³-hybridized carbons (Fsp3) is 0.524. The maximum atomic E-state index is 11.8. The number of ether oxygens (including phenoxy) is 1. The molecule has 0 bridgehead atoms. The van der Waals surface area contributed by atoms with Crippen molar-refractivity contribution >= 4 is 17.5 Å². The summed E-state index contributed by atoms with van der Waals surface area (Å²) in [7, 11) is 0. The van der Waals surface area contributed by atoms with E-state index < -0.39 is 23.5 Å². The van der Waals surface area contributed by atoms with Crippen molar-refractivity contribution in [1.29, 1.82) is 0 Å². The molecule has 0 unspecified atom stereocenters. The fourth-order valence-electron chi connectivity index (χ4n) is 3.62. The van der Waals surface area contributed by atoms with Gasteiger partial charge in [0.25, 0.3) is 0 Å². The lowest BCUT2D eigenvalue weighted by atomic mass is 9.77. The maximum Gasteiger partial charge on any atom is 0.490 e. The molecule has 10 heteroatoms. The largest absolute Gasteiger partial charge is 0.508 e. The first kappa shape index (κ1) is 24.7. The molecule has 2 heterocycles. The van der Waals surface area contributed by atoms with Gasteiger partial charge in [0.05, 0.1) is 5.41 Å². The molecule has 2 aliphatic heterocycles. The highest BCUT2D eigenvalue weighted by molar-refractivity contribution is 5.75. The van der Waals surface area contributed by atoms with Gasteiger partial charge in [-0.3, -0.25) is 9.69 Å². The monoisotopic (exact) mass is 445 g/mol. The van der Waals surface area contributed by atoms with E-state index in [2.05, 4.69) is 11.0 Å². The van der Waals surface area contributed by atoms with Gasteiger partial charge in [-0.05, 0) is 55.5 Å². The molecule has 1 aromatic carbocycles. The third kappa shape index (κ3) is 7.25. The summed E-state index contributed by atoms with van der Waals surface area (Å²) in [5.41, 5.74) is 1.61. The number of halogens is 3. The van der Waals surface area contributed by atoms with Gasteiger partial charge in [-0.15, -0.1) is 0 Å². The molecule has 3 N–H and O–H groups in total. The minimum atomic E-state index is -5.08. The van der Waals surface area contributed by atoms with Crippen LogP contribution in [0.25, 0.3) is 5.57 Å². The normalized spacial score (nSPS) is 19.0. The third-order valence-electron chi connectivity index (χ3n) is 5.50. The van der Waals surface area contributed by atoms with Gasteiger partial charge in [0.2, 0.25) is 0 Å². The second-order valence-corrected chi connectivity index (χ2v) is 7.60. The number of benzene rings is 1. The van der Waals surface area contributed by atoms with Crippen LogP contribution in [0, 0.1) is 5.41 Å². The van der Waals surface area contributed by atoms with E-state index in [1.54, 1.807) is 12.1 Å². The topological polar surface area (TPSA) is 107 Å². The number of hydrogen-bond acceptors (Lipinski definition) is 5. The lowest BCUT2D eigenvalue weighted by Crippen LogP contribution is -2.41. The molecule has 0 spiro atoms. The molecule has 3 rings (SSSR count). The lowest BCUT2D eigenvalue weighted by Gasteiger charge is -2.36. The van der Waals surface area contributed by atoms with Gasteiger partial charge < -0.3 is 20.1 Å². The van der Waals surface area contributed by atoms with Crippen LogP contribution >= 0.6 is 0 Å². The molecule has 172 valence electrons. The highest BCUT2D eigenvalue weighted by Crippen LogP contribution is 2.35. The summed E-state index contributed by atoms with van der Waals surface area (Å²) in [6.07, 6.45) is -0.0449. The van der Waals surface area contributed by atoms with Crippen molar-refractivity contribution in [3.05, 3.63) is 35.9 Å². The van der Waals surface area contributed by atoms with Gasteiger partial charge in [-0.1, -0.05) is 18.2 Å². The van der Waals surface area contributed by atoms with Gasteiger partial charge >= 0.3 is 18.1 Å². The highest BCUT2D eigenvalue weighted by Gasteiger charge is 2.40. The molecule has 1 aromatic rings. The summed E-state index contributed by atoms with van der Waals surface area (Å²) >= 11 is 0. The number of nitrogens with zero attached hydrogens (tertiary/aromatic N) is 1. The van der Waals surface area contributed by atoms with Gasteiger partial charge in [0.15, 0.2) is 0 Å². The molecule has 0 aromatic heterocycles. The van der Waals surface area contributed by atoms with Crippen LogP contribution in [0.3, 0.4) is 0 Å². The number of aromatic hydroxyl groups is 1. The lowest BCUT2D eigenvalue weighted by molar-refractivity contribution is -0.192. The summed E-state index contributed by atoms with van der Waals surface area (Å²) in [5.74, 6) is -3.17. The number of phenolic OH excluding ortho intramolecular Hbond substituents is 1. The van der Waals surface area contributed by atoms with E-state index in [9.17, 15) is 28.2 Å². The average Bonchev–Trinajstić information content (AvgIpc) is 2.73. The van der Waals surface area contributed by atoms with Crippen molar-refractivity contribution in [2.45, 2.75) is 31.9 Å². The van der Waals surface area contributed by atoms with Crippen LogP contribution in [0.15, 0.2) is 30.3 Å². The first-order valence-electron chi connectivity index (χ1n) is 9.85. The van der Waals surface area contributed by atoms with Crippen LogP contribution in [-0.2, 0) is 14.3 Å². The van der Waals surface area contributed by atoms with E-state index in [1.807, 2.05) is 12.1 Å².